The van der Waals surface area contributed by atoms with Gasteiger partial charge in [0.15, 0.2) is 0 Å². The fraction of sp³-hybridized carbons (Fsp3) is 0.538. The molecule has 0 unspecified atom stereocenters. The third kappa shape index (κ3) is 2.14. The van der Waals surface area contributed by atoms with Gasteiger partial charge in [-0.3, -0.25) is 4.79 Å². The van der Waals surface area contributed by atoms with E-state index in [0.717, 1.165) is 25.0 Å². The highest BCUT2D eigenvalue weighted by atomic mass is 16.3. The van der Waals surface area contributed by atoms with Crippen molar-refractivity contribution >= 4 is 11.7 Å². The van der Waals surface area contributed by atoms with Crippen molar-refractivity contribution in [2.75, 3.05) is 13.2 Å². The van der Waals surface area contributed by atoms with E-state index in [4.69, 9.17) is 5.11 Å². The van der Waals surface area contributed by atoms with Crippen LogP contribution in [0.15, 0.2) is 12.3 Å². The Labute approximate surface area is 116 Å². The summed E-state index contributed by atoms with van der Waals surface area (Å²) in [6.07, 6.45) is 4.73. The molecule has 106 valence electrons. The van der Waals surface area contributed by atoms with Gasteiger partial charge < -0.3 is 10.0 Å². The Kier molecular flexibility index (Phi) is 3.35. The first kappa shape index (κ1) is 13.0. The summed E-state index contributed by atoms with van der Waals surface area (Å²) < 4.78 is 1.56. The first-order valence-electron chi connectivity index (χ1n) is 6.81. The SMILES string of the molecule is Cc1ccnc2nc(C(=O)N(CCO)C3CCC3)nn12. The Morgan fingerprint density at radius 2 is 2.35 bits per heavy atom. The predicted molar refractivity (Wildman–Crippen MR) is 71.3 cm³/mol. The van der Waals surface area contributed by atoms with Crippen LogP contribution >= 0.6 is 0 Å². The number of nitrogens with zero attached hydrogens (tertiary/aromatic N) is 5. The van der Waals surface area contributed by atoms with E-state index in [0.29, 0.717) is 12.3 Å². The lowest BCUT2D eigenvalue weighted by Gasteiger charge is -2.36. The molecule has 2 aromatic rings. The van der Waals surface area contributed by atoms with Crippen LogP contribution < -0.4 is 0 Å². The molecule has 1 aliphatic carbocycles. The summed E-state index contributed by atoms with van der Waals surface area (Å²) in [6, 6.07) is 2.02. The second-order valence-electron chi connectivity index (χ2n) is 5.04. The van der Waals surface area contributed by atoms with Gasteiger partial charge in [0.05, 0.1) is 6.61 Å². The first-order chi connectivity index (χ1) is 9.70. The minimum absolute atomic E-state index is 0.0487. The van der Waals surface area contributed by atoms with Gasteiger partial charge in [0.25, 0.3) is 11.7 Å². The number of amides is 1. The summed E-state index contributed by atoms with van der Waals surface area (Å²) in [5, 5.41) is 13.4. The molecule has 0 atom stereocenters. The number of fused-ring (bicyclic) bond motifs is 1. The van der Waals surface area contributed by atoms with Crippen LogP contribution in [-0.2, 0) is 0 Å². The molecule has 0 spiro atoms. The summed E-state index contributed by atoms with van der Waals surface area (Å²) in [7, 11) is 0. The van der Waals surface area contributed by atoms with E-state index in [-0.39, 0.29) is 24.4 Å². The lowest BCUT2D eigenvalue weighted by Crippen LogP contribution is -2.46. The van der Waals surface area contributed by atoms with E-state index in [2.05, 4.69) is 15.1 Å². The molecule has 1 amide bonds. The number of aliphatic hydroxyl groups excluding tert-OH is 1. The molecule has 1 saturated carbocycles. The molecule has 0 radical (unpaired) electrons. The van der Waals surface area contributed by atoms with Gasteiger partial charge in [-0.05, 0) is 32.3 Å². The molecule has 7 heteroatoms. The molecule has 20 heavy (non-hydrogen) atoms. The van der Waals surface area contributed by atoms with E-state index in [9.17, 15) is 4.79 Å². The van der Waals surface area contributed by atoms with Crippen molar-refractivity contribution in [1.29, 1.82) is 0 Å². The molecule has 3 rings (SSSR count). The van der Waals surface area contributed by atoms with Crippen LogP contribution in [0.2, 0.25) is 0 Å². The van der Waals surface area contributed by atoms with Crippen LogP contribution in [0.3, 0.4) is 0 Å². The molecule has 0 aromatic carbocycles. The van der Waals surface area contributed by atoms with Crippen molar-refractivity contribution in [1.82, 2.24) is 24.5 Å². The minimum Gasteiger partial charge on any atom is -0.395 e. The Hall–Kier alpha value is -2.02. The number of aryl methyl sites for hydroxylation is 1. The van der Waals surface area contributed by atoms with Gasteiger partial charge in [-0.25, -0.2) is 9.50 Å². The first-order valence-corrected chi connectivity index (χ1v) is 6.81. The van der Waals surface area contributed by atoms with Crippen LogP contribution in [0.25, 0.3) is 5.78 Å². The van der Waals surface area contributed by atoms with Gasteiger partial charge in [0, 0.05) is 24.5 Å². The average molecular weight is 275 g/mol. The number of aliphatic hydroxyl groups is 1. The van der Waals surface area contributed by atoms with Crippen molar-refractivity contribution in [3.8, 4) is 0 Å². The Balaban J connectivity index is 1.92. The molecule has 1 aliphatic rings. The monoisotopic (exact) mass is 275 g/mol. The van der Waals surface area contributed by atoms with E-state index in [1.165, 1.54) is 0 Å². The Bertz CT molecular complexity index is 635. The van der Waals surface area contributed by atoms with Crippen LogP contribution in [0, 0.1) is 6.92 Å². The van der Waals surface area contributed by atoms with Crippen molar-refractivity contribution in [3.05, 3.63) is 23.8 Å². The average Bonchev–Trinajstić information content (AvgIpc) is 2.81. The van der Waals surface area contributed by atoms with E-state index in [1.54, 1.807) is 15.6 Å². The summed E-state index contributed by atoms with van der Waals surface area (Å²) in [6.45, 7) is 2.16. The number of hydrogen-bond acceptors (Lipinski definition) is 5. The molecular formula is C13H17N5O2. The molecule has 0 saturated heterocycles. The molecule has 1 fully saturated rings. The second-order valence-corrected chi connectivity index (χ2v) is 5.04. The van der Waals surface area contributed by atoms with Crippen LogP contribution in [-0.4, -0.2) is 54.7 Å². The van der Waals surface area contributed by atoms with E-state index in [1.807, 2.05) is 13.0 Å². The zero-order valence-corrected chi connectivity index (χ0v) is 11.4. The van der Waals surface area contributed by atoms with E-state index >= 15 is 0 Å². The van der Waals surface area contributed by atoms with Crippen molar-refractivity contribution in [2.45, 2.75) is 32.2 Å². The molecular weight excluding hydrogens is 258 g/mol. The zero-order chi connectivity index (χ0) is 14.1. The van der Waals surface area contributed by atoms with Crippen molar-refractivity contribution < 1.29 is 9.90 Å². The third-order valence-electron chi connectivity index (χ3n) is 3.74. The fourth-order valence-corrected chi connectivity index (χ4v) is 2.38. The predicted octanol–water partition coefficient (Wildman–Crippen LogP) is 0.420. The van der Waals surface area contributed by atoms with Gasteiger partial charge in [-0.1, -0.05) is 0 Å². The fourth-order valence-electron chi connectivity index (χ4n) is 2.38. The lowest BCUT2D eigenvalue weighted by molar-refractivity contribution is 0.0514. The number of rotatable bonds is 4. The van der Waals surface area contributed by atoms with Crippen LogP contribution in [0.5, 0.6) is 0 Å². The van der Waals surface area contributed by atoms with Crippen molar-refractivity contribution in [2.24, 2.45) is 0 Å². The van der Waals surface area contributed by atoms with Crippen LogP contribution in [0.4, 0.5) is 0 Å². The quantitative estimate of drug-likeness (QED) is 0.874. The molecule has 1 N–H and O–H groups in total. The molecule has 2 aromatic heterocycles. The largest absolute Gasteiger partial charge is 0.395 e. The lowest BCUT2D eigenvalue weighted by atomic mass is 9.91. The minimum atomic E-state index is -0.228. The topological polar surface area (TPSA) is 83.6 Å². The maximum atomic E-state index is 12.5. The Morgan fingerprint density at radius 3 is 2.95 bits per heavy atom. The highest BCUT2D eigenvalue weighted by Crippen LogP contribution is 2.25. The van der Waals surface area contributed by atoms with Crippen molar-refractivity contribution in [3.63, 3.8) is 0 Å². The second kappa shape index (κ2) is 5.16. The summed E-state index contributed by atoms with van der Waals surface area (Å²) in [4.78, 5) is 22.5. The molecule has 2 heterocycles. The van der Waals surface area contributed by atoms with Gasteiger partial charge in [-0.2, -0.15) is 4.98 Å². The normalized spacial score (nSPS) is 15.3. The smallest absolute Gasteiger partial charge is 0.293 e. The number of carbonyl (C=O) groups is 1. The van der Waals surface area contributed by atoms with Gasteiger partial charge in [-0.15, -0.1) is 5.10 Å². The maximum absolute atomic E-state index is 12.5. The summed E-state index contributed by atoms with van der Waals surface area (Å²) >= 11 is 0. The standard InChI is InChI=1S/C13H17N5O2/c1-9-5-6-14-13-15-11(16-18(9)13)12(20)17(7-8-19)10-3-2-4-10/h5-6,10,19H,2-4,7-8H2,1H3. The highest BCUT2D eigenvalue weighted by Gasteiger charge is 2.31. The summed E-state index contributed by atoms with van der Waals surface area (Å²) in [5.74, 6) is 0.340. The maximum Gasteiger partial charge on any atom is 0.293 e. The third-order valence-corrected chi connectivity index (χ3v) is 3.74. The van der Waals surface area contributed by atoms with Crippen LogP contribution in [0.1, 0.15) is 35.6 Å². The molecule has 7 nitrogen and oxygen atoms in total. The highest BCUT2D eigenvalue weighted by molar-refractivity contribution is 5.91. The number of hydrogen-bond donors (Lipinski definition) is 1. The Morgan fingerprint density at radius 1 is 1.55 bits per heavy atom. The number of aromatic nitrogens is 4. The van der Waals surface area contributed by atoms with E-state index < -0.39 is 0 Å². The van der Waals surface area contributed by atoms with Gasteiger partial charge in [0.1, 0.15) is 0 Å². The molecule has 0 bridgehead atoms. The molecule has 0 aliphatic heterocycles. The zero-order valence-electron chi connectivity index (χ0n) is 11.4. The summed E-state index contributed by atoms with van der Waals surface area (Å²) in [5.41, 5.74) is 0.874. The van der Waals surface area contributed by atoms with Gasteiger partial charge >= 0.3 is 0 Å². The van der Waals surface area contributed by atoms with Gasteiger partial charge in [0.2, 0.25) is 5.82 Å². The number of carbonyl (C=O) groups excluding carboxylic acids is 1.